The smallest absolute Gasteiger partial charge is 0.123 e. The SMILES string of the molecule is Cc1ccc([C@H](C)NCC2Cc3cc(Br)ccc3O2)cc1. The molecule has 1 aliphatic heterocycles. The van der Waals surface area contributed by atoms with E-state index >= 15 is 0 Å². The van der Waals surface area contributed by atoms with E-state index in [0.717, 1.165) is 23.2 Å². The van der Waals surface area contributed by atoms with E-state index in [0.29, 0.717) is 6.04 Å². The van der Waals surface area contributed by atoms with Gasteiger partial charge in [0, 0.05) is 23.5 Å². The average Bonchev–Trinajstić information content (AvgIpc) is 2.87. The topological polar surface area (TPSA) is 21.3 Å². The first-order valence-electron chi connectivity index (χ1n) is 7.37. The van der Waals surface area contributed by atoms with Crippen LogP contribution < -0.4 is 10.1 Å². The number of fused-ring (bicyclic) bond motifs is 1. The van der Waals surface area contributed by atoms with Gasteiger partial charge in [0.2, 0.25) is 0 Å². The predicted octanol–water partition coefficient (Wildman–Crippen LogP) is 4.41. The quantitative estimate of drug-likeness (QED) is 0.885. The zero-order chi connectivity index (χ0) is 14.8. The summed E-state index contributed by atoms with van der Waals surface area (Å²) in [6, 6.07) is 15.3. The number of rotatable bonds is 4. The molecular weight excluding hydrogens is 326 g/mol. The number of hydrogen-bond acceptors (Lipinski definition) is 2. The number of benzene rings is 2. The van der Waals surface area contributed by atoms with Gasteiger partial charge in [-0.1, -0.05) is 45.8 Å². The third kappa shape index (κ3) is 3.47. The van der Waals surface area contributed by atoms with Crippen LogP contribution in [-0.4, -0.2) is 12.6 Å². The molecular formula is C18H20BrNO. The molecule has 0 saturated heterocycles. The molecule has 0 radical (unpaired) electrons. The summed E-state index contributed by atoms with van der Waals surface area (Å²) in [5.41, 5.74) is 3.91. The van der Waals surface area contributed by atoms with Gasteiger partial charge in [-0.2, -0.15) is 0 Å². The molecule has 3 heteroatoms. The standard InChI is InChI=1S/C18H20BrNO/c1-12-3-5-14(6-4-12)13(2)20-11-17-10-15-9-16(19)7-8-18(15)21-17/h3-9,13,17,20H,10-11H2,1-2H3/t13-,17?/m0/s1. The Morgan fingerprint density at radius 3 is 2.76 bits per heavy atom. The number of ether oxygens (including phenoxy) is 1. The molecule has 0 aromatic heterocycles. The summed E-state index contributed by atoms with van der Waals surface area (Å²) in [6.45, 7) is 5.17. The van der Waals surface area contributed by atoms with E-state index in [4.69, 9.17) is 4.74 Å². The van der Waals surface area contributed by atoms with Crippen LogP contribution in [0, 0.1) is 6.92 Å². The van der Waals surface area contributed by atoms with E-state index in [1.165, 1.54) is 16.7 Å². The lowest BCUT2D eigenvalue weighted by atomic mass is 10.1. The van der Waals surface area contributed by atoms with Crippen molar-refractivity contribution in [1.82, 2.24) is 5.32 Å². The summed E-state index contributed by atoms with van der Waals surface area (Å²) in [4.78, 5) is 0. The summed E-state index contributed by atoms with van der Waals surface area (Å²) < 4.78 is 7.10. The lowest BCUT2D eigenvalue weighted by Crippen LogP contribution is -2.31. The van der Waals surface area contributed by atoms with Gasteiger partial charge < -0.3 is 10.1 Å². The lowest BCUT2D eigenvalue weighted by Gasteiger charge is -2.18. The fourth-order valence-corrected chi connectivity index (χ4v) is 3.09. The monoisotopic (exact) mass is 345 g/mol. The van der Waals surface area contributed by atoms with Crippen LogP contribution in [0.25, 0.3) is 0 Å². The van der Waals surface area contributed by atoms with Gasteiger partial charge in [-0.3, -0.25) is 0 Å². The van der Waals surface area contributed by atoms with Gasteiger partial charge in [0.05, 0.1) is 0 Å². The number of nitrogens with one attached hydrogen (secondary N) is 1. The highest BCUT2D eigenvalue weighted by molar-refractivity contribution is 9.10. The van der Waals surface area contributed by atoms with Crippen LogP contribution in [0.3, 0.4) is 0 Å². The average molecular weight is 346 g/mol. The van der Waals surface area contributed by atoms with Crippen molar-refractivity contribution >= 4 is 15.9 Å². The maximum atomic E-state index is 5.98. The molecule has 0 bridgehead atoms. The summed E-state index contributed by atoms with van der Waals surface area (Å²) in [7, 11) is 0. The van der Waals surface area contributed by atoms with E-state index in [-0.39, 0.29) is 6.10 Å². The minimum Gasteiger partial charge on any atom is -0.488 e. The zero-order valence-corrected chi connectivity index (χ0v) is 14.0. The van der Waals surface area contributed by atoms with E-state index in [1.54, 1.807) is 0 Å². The van der Waals surface area contributed by atoms with Gasteiger partial charge in [0.15, 0.2) is 0 Å². The molecule has 0 aliphatic carbocycles. The van der Waals surface area contributed by atoms with Crippen molar-refractivity contribution in [3.05, 3.63) is 63.6 Å². The lowest BCUT2D eigenvalue weighted by molar-refractivity contribution is 0.222. The van der Waals surface area contributed by atoms with E-state index < -0.39 is 0 Å². The highest BCUT2D eigenvalue weighted by Crippen LogP contribution is 2.31. The molecule has 0 saturated carbocycles. The Bertz CT molecular complexity index is 624. The van der Waals surface area contributed by atoms with Gasteiger partial charge >= 0.3 is 0 Å². The van der Waals surface area contributed by atoms with Gasteiger partial charge in [0.25, 0.3) is 0 Å². The Morgan fingerprint density at radius 1 is 1.24 bits per heavy atom. The second-order valence-electron chi connectivity index (χ2n) is 5.74. The molecule has 2 aromatic carbocycles. The Labute approximate surface area is 134 Å². The summed E-state index contributed by atoms with van der Waals surface area (Å²) in [5.74, 6) is 1.02. The molecule has 0 fully saturated rings. The number of halogens is 1. The second-order valence-corrected chi connectivity index (χ2v) is 6.65. The largest absolute Gasteiger partial charge is 0.488 e. The molecule has 1 heterocycles. The van der Waals surface area contributed by atoms with Crippen LogP contribution in [0.15, 0.2) is 46.9 Å². The third-order valence-corrected chi connectivity index (χ3v) is 4.49. The third-order valence-electron chi connectivity index (χ3n) is 3.99. The number of hydrogen-bond donors (Lipinski definition) is 1. The van der Waals surface area contributed by atoms with Gasteiger partial charge in [0.1, 0.15) is 11.9 Å². The maximum Gasteiger partial charge on any atom is 0.123 e. The van der Waals surface area contributed by atoms with Crippen molar-refractivity contribution in [2.45, 2.75) is 32.4 Å². The molecule has 110 valence electrons. The van der Waals surface area contributed by atoms with Crippen LogP contribution in [-0.2, 0) is 6.42 Å². The predicted molar refractivity (Wildman–Crippen MR) is 89.9 cm³/mol. The van der Waals surface area contributed by atoms with Crippen molar-refractivity contribution in [3.8, 4) is 5.75 Å². The Morgan fingerprint density at radius 2 is 2.00 bits per heavy atom. The fourth-order valence-electron chi connectivity index (χ4n) is 2.68. The van der Waals surface area contributed by atoms with E-state index in [1.807, 2.05) is 12.1 Å². The first-order chi connectivity index (χ1) is 10.1. The Kier molecular flexibility index (Phi) is 4.32. The van der Waals surface area contributed by atoms with Crippen molar-refractivity contribution in [2.75, 3.05) is 6.54 Å². The minimum absolute atomic E-state index is 0.224. The molecule has 21 heavy (non-hydrogen) atoms. The highest BCUT2D eigenvalue weighted by atomic mass is 79.9. The summed E-state index contributed by atoms with van der Waals surface area (Å²) in [6.07, 6.45) is 1.20. The minimum atomic E-state index is 0.224. The molecule has 0 spiro atoms. The molecule has 2 aromatic rings. The maximum absolute atomic E-state index is 5.98. The van der Waals surface area contributed by atoms with Gasteiger partial charge in [-0.15, -0.1) is 0 Å². The Hall–Kier alpha value is -1.32. The van der Waals surface area contributed by atoms with Gasteiger partial charge in [-0.25, -0.2) is 0 Å². The van der Waals surface area contributed by atoms with Crippen molar-refractivity contribution in [3.63, 3.8) is 0 Å². The van der Waals surface area contributed by atoms with Crippen LogP contribution in [0.1, 0.15) is 29.7 Å². The zero-order valence-electron chi connectivity index (χ0n) is 12.4. The van der Waals surface area contributed by atoms with Crippen LogP contribution in [0.5, 0.6) is 5.75 Å². The second kappa shape index (κ2) is 6.20. The Balaban J connectivity index is 1.56. The van der Waals surface area contributed by atoms with Crippen LogP contribution in [0.2, 0.25) is 0 Å². The van der Waals surface area contributed by atoms with Crippen molar-refractivity contribution in [2.24, 2.45) is 0 Å². The first-order valence-corrected chi connectivity index (χ1v) is 8.16. The van der Waals surface area contributed by atoms with Crippen molar-refractivity contribution in [1.29, 1.82) is 0 Å². The molecule has 1 unspecified atom stereocenters. The van der Waals surface area contributed by atoms with Gasteiger partial charge in [-0.05, 0) is 43.2 Å². The highest BCUT2D eigenvalue weighted by Gasteiger charge is 2.23. The molecule has 0 amide bonds. The summed E-state index contributed by atoms with van der Waals surface area (Å²) in [5, 5.41) is 3.57. The first kappa shape index (κ1) is 14.6. The molecule has 2 atom stereocenters. The van der Waals surface area contributed by atoms with E-state index in [2.05, 4.69) is 65.4 Å². The number of aryl methyl sites for hydroxylation is 1. The summed E-state index contributed by atoms with van der Waals surface area (Å²) >= 11 is 3.51. The fraction of sp³-hybridized carbons (Fsp3) is 0.333. The van der Waals surface area contributed by atoms with Crippen LogP contribution >= 0.6 is 15.9 Å². The normalized spacial score (nSPS) is 18.1. The molecule has 1 aliphatic rings. The molecule has 1 N–H and O–H groups in total. The molecule has 2 nitrogen and oxygen atoms in total. The van der Waals surface area contributed by atoms with Crippen molar-refractivity contribution < 1.29 is 4.74 Å². The van der Waals surface area contributed by atoms with Crippen LogP contribution in [0.4, 0.5) is 0 Å². The van der Waals surface area contributed by atoms with E-state index in [9.17, 15) is 0 Å². The molecule has 3 rings (SSSR count).